The summed E-state index contributed by atoms with van der Waals surface area (Å²) >= 11 is 5.16. The quantitative estimate of drug-likeness (QED) is 0.342. The van der Waals surface area contributed by atoms with Gasteiger partial charge in [-0.1, -0.05) is 0 Å². The second kappa shape index (κ2) is 5.40. The fourth-order valence-corrected chi connectivity index (χ4v) is 1.90. The van der Waals surface area contributed by atoms with E-state index in [1.165, 1.54) is 0 Å². The average molecular weight is 325 g/mol. The molecule has 0 aromatic heterocycles. The third-order valence-corrected chi connectivity index (χ3v) is 2.88. The Hall–Kier alpha value is -2.02. The summed E-state index contributed by atoms with van der Waals surface area (Å²) in [5, 5.41) is -1.24. The molecule has 0 aliphatic carbocycles. The lowest BCUT2D eigenvalue weighted by Crippen LogP contribution is -2.06. The van der Waals surface area contributed by atoms with Gasteiger partial charge in [-0.3, -0.25) is 4.79 Å². The summed E-state index contributed by atoms with van der Waals surface area (Å²) in [6.07, 6.45) is 0. The van der Waals surface area contributed by atoms with Gasteiger partial charge in [-0.25, -0.2) is 26.3 Å². The van der Waals surface area contributed by atoms with Crippen LogP contribution >= 0.6 is 11.6 Å². The Bertz CT molecular complexity index is 730. The van der Waals surface area contributed by atoms with Crippen molar-refractivity contribution in [3.05, 3.63) is 58.7 Å². The summed E-state index contributed by atoms with van der Waals surface area (Å²) in [5.41, 5.74) is -2.85. The van der Waals surface area contributed by atoms with Crippen LogP contribution in [-0.4, -0.2) is 5.24 Å². The van der Waals surface area contributed by atoms with Crippen molar-refractivity contribution in [2.75, 3.05) is 0 Å². The first-order valence-electron chi connectivity index (χ1n) is 5.27. The molecule has 0 spiro atoms. The zero-order chi connectivity index (χ0) is 15.9. The van der Waals surface area contributed by atoms with E-state index in [1.54, 1.807) is 0 Å². The van der Waals surface area contributed by atoms with Crippen molar-refractivity contribution in [2.45, 2.75) is 0 Å². The van der Waals surface area contributed by atoms with Gasteiger partial charge in [-0.05, 0) is 29.8 Å². The molecule has 0 aliphatic rings. The number of benzene rings is 2. The second-order valence-corrected chi connectivity index (χ2v) is 4.25. The van der Waals surface area contributed by atoms with E-state index in [4.69, 9.17) is 11.6 Å². The van der Waals surface area contributed by atoms with Gasteiger partial charge < -0.3 is 0 Å². The molecule has 0 atom stereocenters. The van der Waals surface area contributed by atoms with Crippen LogP contribution in [0.25, 0.3) is 11.1 Å². The Morgan fingerprint density at radius 2 is 1.29 bits per heavy atom. The molecule has 0 saturated carbocycles. The number of carbonyl (C=O) groups excluding carboxylic acids is 1. The van der Waals surface area contributed by atoms with Crippen LogP contribution in [0.2, 0.25) is 0 Å². The highest BCUT2D eigenvalue weighted by Gasteiger charge is 2.28. The van der Waals surface area contributed by atoms with Gasteiger partial charge in [0.2, 0.25) is 5.82 Å². The van der Waals surface area contributed by atoms with Crippen LogP contribution in [0.3, 0.4) is 0 Å². The zero-order valence-corrected chi connectivity index (χ0v) is 10.5. The van der Waals surface area contributed by atoms with E-state index in [1.807, 2.05) is 0 Å². The lowest BCUT2D eigenvalue weighted by Gasteiger charge is -2.11. The topological polar surface area (TPSA) is 17.1 Å². The summed E-state index contributed by atoms with van der Waals surface area (Å²) < 4.78 is 79.8. The van der Waals surface area contributed by atoms with Crippen molar-refractivity contribution in [1.29, 1.82) is 0 Å². The van der Waals surface area contributed by atoms with Gasteiger partial charge in [0.15, 0.2) is 23.3 Å². The van der Waals surface area contributed by atoms with Crippen molar-refractivity contribution < 1.29 is 31.1 Å². The number of carbonyl (C=O) groups is 1. The average Bonchev–Trinajstić information content (AvgIpc) is 2.43. The number of hydrogen-bond acceptors (Lipinski definition) is 1. The fraction of sp³-hybridized carbons (Fsp3) is 0. The third kappa shape index (κ3) is 2.49. The lowest BCUT2D eigenvalue weighted by molar-refractivity contribution is 0.108. The highest BCUT2D eigenvalue weighted by atomic mass is 35.5. The highest BCUT2D eigenvalue weighted by Crippen LogP contribution is 2.34. The smallest absolute Gasteiger partial charge is 0.253 e. The van der Waals surface area contributed by atoms with Gasteiger partial charge >= 0.3 is 0 Å². The molecule has 0 bridgehead atoms. The molecule has 2 aromatic carbocycles. The Balaban J connectivity index is 2.92. The Labute approximate surface area is 118 Å². The van der Waals surface area contributed by atoms with Crippen LogP contribution in [0.4, 0.5) is 26.3 Å². The molecular formula is C13H3ClF6O. The number of rotatable bonds is 2. The standard InChI is InChI=1S/C13H3ClF6O/c14-13(21)5-2-1-4(15)3-6(5)7-8(16)10(18)12(20)11(19)9(7)17/h1-3H. The van der Waals surface area contributed by atoms with Gasteiger partial charge in [0.25, 0.3) is 5.24 Å². The molecule has 0 heterocycles. The van der Waals surface area contributed by atoms with E-state index >= 15 is 0 Å². The Morgan fingerprint density at radius 3 is 1.76 bits per heavy atom. The molecule has 0 N–H and O–H groups in total. The molecule has 0 aliphatic heterocycles. The van der Waals surface area contributed by atoms with Crippen molar-refractivity contribution in [3.63, 3.8) is 0 Å². The maximum Gasteiger partial charge on any atom is 0.253 e. The first-order chi connectivity index (χ1) is 9.75. The highest BCUT2D eigenvalue weighted by molar-refractivity contribution is 6.68. The molecule has 0 radical (unpaired) electrons. The molecule has 110 valence electrons. The minimum absolute atomic E-state index is 0.452. The van der Waals surface area contributed by atoms with E-state index in [-0.39, 0.29) is 0 Å². The molecule has 0 unspecified atom stereocenters. The Morgan fingerprint density at radius 1 is 0.810 bits per heavy atom. The zero-order valence-electron chi connectivity index (χ0n) is 9.79. The van der Waals surface area contributed by atoms with E-state index in [0.29, 0.717) is 6.07 Å². The number of halogens is 7. The van der Waals surface area contributed by atoms with Crippen LogP contribution < -0.4 is 0 Å². The van der Waals surface area contributed by atoms with Crippen molar-refractivity contribution in [2.24, 2.45) is 0 Å². The fourth-order valence-electron chi connectivity index (χ4n) is 1.74. The minimum atomic E-state index is -2.36. The first-order valence-corrected chi connectivity index (χ1v) is 5.64. The van der Waals surface area contributed by atoms with Gasteiger partial charge in [0.05, 0.1) is 5.56 Å². The minimum Gasteiger partial charge on any atom is -0.276 e. The predicted octanol–water partition coefficient (Wildman–Crippen LogP) is 4.57. The van der Waals surface area contributed by atoms with Crippen LogP contribution in [-0.2, 0) is 0 Å². The van der Waals surface area contributed by atoms with Crippen LogP contribution in [0.1, 0.15) is 10.4 Å². The van der Waals surface area contributed by atoms with Crippen molar-refractivity contribution in [3.8, 4) is 11.1 Å². The SMILES string of the molecule is O=C(Cl)c1ccc(F)cc1-c1c(F)c(F)c(F)c(F)c1F. The molecule has 2 rings (SSSR count). The van der Waals surface area contributed by atoms with Gasteiger partial charge in [-0.15, -0.1) is 0 Å². The summed E-state index contributed by atoms with van der Waals surface area (Å²) in [4.78, 5) is 11.1. The Kier molecular flexibility index (Phi) is 3.95. The van der Waals surface area contributed by atoms with E-state index in [9.17, 15) is 31.1 Å². The summed E-state index contributed by atoms with van der Waals surface area (Å²) in [6, 6.07) is 1.98. The first kappa shape index (κ1) is 15.4. The molecule has 8 heteroatoms. The molecule has 0 fully saturated rings. The van der Waals surface area contributed by atoms with Crippen molar-refractivity contribution in [1.82, 2.24) is 0 Å². The van der Waals surface area contributed by atoms with Gasteiger partial charge in [-0.2, -0.15) is 0 Å². The summed E-state index contributed by atoms with van der Waals surface area (Å²) in [7, 11) is 0. The maximum absolute atomic E-state index is 13.7. The normalized spacial score (nSPS) is 10.8. The van der Waals surface area contributed by atoms with Crippen LogP contribution in [0.15, 0.2) is 18.2 Å². The van der Waals surface area contributed by atoms with E-state index in [0.717, 1.165) is 12.1 Å². The molecule has 21 heavy (non-hydrogen) atoms. The number of hydrogen-bond donors (Lipinski definition) is 0. The largest absolute Gasteiger partial charge is 0.276 e. The molecular weight excluding hydrogens is 322 g/mol. The molecule has 2 aromatic rings. The summed E-state index contributed by atoms with van der Waals surface area (Å²) in [6.45, 7) is 0. The van der Waals surface area contributed by atoms with E-state index in [2.05, 4.69) is 0 Å². The van der Waals surface area contributed by atoms with Gasteiger partial charge in [0, 0.05) is 11.1 Å². The second-order valence-electron chi connectivity index (χ2n) is 3.91. The lowest BCUT2D eigenvalue weighted by atomic mass is 9.98. The molecule has 1 nitrogen and oxygen atoms in total. The maximum atomic E-state index is 13.7. The predicted molar refractivity (Wildman–Crippen MR) is 61.8 cm³/mol. The van der Waals surface area contributed by atoms with Gasteiger partial charge in [0.1, 0.15) is 5.82 Å². The molecule has 0 saturated heterocycles. The third-order valence-electron chi connectivity index (χ3n) is 2.67. The van der Waals surface area contributed by atoms with Crippen LogP contribution in [0.5, 0.6) is 0 Å². The van der Waals surface area contributed by atoms with Crippen LogP contribution in [0, 0.1) is 34.9 Å². The van der Waals surface area contributed by atoms with Crippen molar-refractivity contribution >= 4 is 16.8 Å². The summed E-state index contributed by atoms with van der Waals surface area (Å²) in [5.74, 6) is -12.2. The molecule has 0 amide bonds. The van der Waals surface area contributed by atoms with E-state index < -0.39 is 56.8 Å². The monoisotopic (exact) mass is 324 g/mol.